The Kier molecular flexibility index (Phi) is 4.55. The molecule has 3 N–H and O–H groups in total. The first kappa shape index (κ1) is 14.3. The molecule has 5 nitrogen and oxygen atoms in total. The minimum Gasteiger partial charge on any atom is -0.497 e. The van der Waals surface area contributed by atoms with Gasteiger partial charge in [0.1, 0.15) is 11.5 Å². The summed E-state index contributed by atoms with van der Waals surface area (Å²) in [7, 11) is 3.11. The smallest absolute Gasteiger partial charge is 0.226 e. The largest absolute Gasteiger partial charge is 0.497 e. The third-order valence-corrected chi connectivity index (χ3v) is 2.30. The lowest BCUT2D eigenvalue weighted by molar-refractivity contribution is -0.117. The highest BCUT2D eigenvalue weighted by Crippen LogP contribution is 2.29. The van der Waals surface area contributed by atoms with Crippen LogP contribution in [0, 0.1) is 0 Å². The van der Waals surface area contributed by atoms with Crippen molar-refractivity contribution in [2.45, 2.75) is 25.8 Å². The second-order valence-electron chi connectivity index (χ2n) is 4.78. The lowest BCUT2D eigenvalue weighted by Crippen LogP contribution is -2.36. The molecule has 5 heteroatoms. The number of carbonyl (C=O) groups excluding carboxylic acids is 1. The van der Waals surface area contributed by atoms with Gasteiger partial charge in [0.25, 0.3) is 0 Å². The van der Waals surface area contributed by atoms with E-state index in [9.17, 15) is 4.79 Å². The van der Waals surface area contributed by atoms with Gasteiger partial charge >= 0.3 is 0 Å². The molecule has 0 unspecified atom stereocenters. The fraction of sp³-hybridized carbons (Fsp3) is 0.462. The number of hydrogen-bond acceptors (Lipinski definition) is 4. The topological polar surface area (TPSA) is 73.6 Å². The van der Waals surface area contributed by atoms with Crippen LogP contribution in [0.25, 0.3) is 0 Å². The van der Waals surface area contributed by atoms with Gasteiger partial charge in [-0.2, -0.15) is 0 Å². The van der Waals surface area contributed by atoms with Gasteiger partial charge in [0.05, 0.1) is 19.9 Å². The molecule has 0 radical (unpaired) electrons. The Labute approximate surface area is 107 Å². The van der Waals surface area contributed by atoms with Crippen LogP contribution in [-0.4, -0.2) is 25.7 Å². The molecule has 0 bridgehead atoms. The molecule has 0 saturated heterocycles. The molecule has 0 aromatic heterocycles. The van der Waals surface area contributed by atoms with Gasteiger partial charge in [0, 0.05) is 18.0 Å². The fourth-order valence-corrected chi connectivity index (χ4v) is 1.51. The van der Waals surface area contributed by atoms with E-state index >= 15 is 0 Å². The second kappa shape index (κ2) is 5.73. The molecule has 1 aromatic carbocycles. The standard InChI is InChI=1S/C13H20N2O3/c1-13(2,14)8-12(16)15-10-6-5-9(17-3)7-11(10)18-4/h5-7H,8,14H2,1-4H3,(H,15,16). The summed E-state index contributed by atoms with van der Waals surface area (Å²) in [5, 5.41) is 2.77. The third-order valence-electron chi connectivity index (χ3n) is 2.30. The third kappa shape index (κ3) is 4.25. The van der Waals surface area contributed by atoms with Gasteiger partial charge < -0.3 is 20.5 Å². The molecule has 0 aliphatic heterocycles. The van der Waals surface area contributed by atoms with Crippen molar-refractivity contribution < 1.29 is 14.3 Å². The van der Waals surface area contributed by atoms with Crippen molar-refractivity contribution in [2.75, 3.05) is 19.5 Å². The number of benzene rings is 1. The molecule has 0 spiro atoms. The lowest BCUT2D eigenvalue weighted by atomic mass is 10.0. The Morgan fingerprint density at radius 1 is 1.33 bits per heavy atom. The predicted octanol–water partition coefficient (Wildman–Crippen LogP) is 1.77. The molecule has 100 valence electrons. The number of hydrogen-bond donors (Lipinski definition) is 2. The van der Waals surface area contributed by atoms with E-state index in [-0.39, 0.29) is 12.3 Å². The molecular formula is C13H20N2O3. The molecule has 1 amide bonds. The maximum Gasteiger partial charge on any atom is 0.226 e. The summed E-state index contributed by atoms with van der Waals surface area (Å²) in [5.74, 6) is 1.08. The van der Waals surface area contributed by atoms with E-state index in [0.717, 1.165) is 0 Å². The van der Waals surface area contributed by atoms with Gasteiger partial charge in [-0.25, -0.2) is 0 Å². The van der Waals surface area contributed by atoms with E-state index < -0.39 is 5.54 Å². The fourth-order valence-electron chi connectivity index (χ4n) is 1.51. The van der Waals surface area contributed by atoms with Gasteiger partial charge in [0.2, 0.25) is 5.91 Å². The van der Waals surface area contributed by atoms with E-state index in [0.29, 0.717) is 17.2 Å². The van der Waals surface area contributed by atoms with Crippen LogP contribution in [0.3, 0.4) is 0 Å². The normalized spacial score (nSPS) is 10.9. The highest BCUT2D eigenvalue weighted by atomic mass is 16.5. The molecule has 1 rings (SSSR count). The number of anilines is 1. The van der Waals surface area contributed by atoms with Gasteiger partial charge in [-0.1, -0.05) is 0 Å². The minimum absolute atomic E-state index is 0.147. The average Bonchev–Trinajstić information content (AvgIpc) is 2.27. The van der Waals surface area contributed by atoms with Crippen molar-refractivity contribution in [1.29, 1.82) is 0 Å². The van der Waals surface area contributed by atoms with E-state index in [4.69, 9.17) is 15.2 Å². The molecule has 0 saturated carbocycles. The summed E-state index contributed by atoms with van der Waals surface area (Å²) < 4.78 is 10.3. The van der Waals surface area contributed by atoms with Gasteiger partial charge in [-0.05, 0) is 26.0 Å². The summed E-state index contributed by atoms with van der Waals surface area (Å²) in [6.07, 6.45) is 0.238. The number of rotatable bonds is 5. The Morgan fingerprint density at radius 2 is 2.00 bits per heavy atom. The quantitative estimate of drug-likeness (QED) is 0.837. The summed E-state index contributed by atoms with van der Waals surface area (Å²) in [4.78, 5) is 11.8. The summed E-state index contributed by atoms with van der Waals surface area (Å²) in [5.41, 5.74) is 5.86. The zero-order chi connectivity index (χ0) is 13.8. The Balaban J connectivity index is 2.81. The molecule has 0 heterocycles. The minimum atomic E-state index is -0.538. The Hall–Kier alpha value is -1.75. The number of methoxy groups -OCH3 is 2. The zero-order valence-electron chi connectivity index (χ0n) is 11.2. The van der Waals surface area contributed by atoms with Crippen LogP contribution in [0.4, 0.5) is 5.69 Å². The molecule has 18 heavy (non-hydrogen) atoms. The first-order chi connectivity index (χ1) is 8.35. The molecule has 1 aromatic rings. The summed E-state index contributed by atoms with van der Waals surface area (Å²) >= 11 is 0. The number of nitrogens with one attached hydrogen (secondary N) is 1. The van der Waals surface area contributed by atoms with Crippen LogP contribution in [0.1, 0.15) is 20.3 Å². The van der Waals surface area contributed by atoms with E-state index in [2.05, 4.69) is 5.32 Å². The van der Waals surface area contributed by atoms with Crippen molar-refractivity contribution in [3.05, 3.63) is 18.2 Å². The van der Waals surface area contributed by atoms with Crippen molar-refractivity contribution in [3.63, 3.8) is 0 Å². The van der Waals surface area contributed by atoms with Gasteiger partial charge in [-0.15, -0.1) is 0 Å². The van der Waals surface area contributed by atoms with Crippen LogP contribution < -0.4 is 20.5 Å². The zero-order valence-corrected chi connectivity index (χ0v) is 11.2. The van der Waals surface area contributed by atoms with E-state index in [1.807, 2.05) is 0 Å². The predicted molar refractivity (Wildman–Crippen MR) is 71.1 cm³/mol. The number of amides is 1. The summed E-state index contributed by atoms with van der Waals surface area (Å²) in [6.45, 7) is 3.61. The second-order valence-corrected chi connectivity index (χ2v) is 4.78. The van der Waals surface area contributed by atoms with Gasteiger partial charge in [-0.3, -0.25) is 4.79 Å². The molecule has 0 aliphatic rings. The molecular weight excluding hydrogens is 232 g/mol. The van der Waals surface area contributed by atoms with Gasteiger partial charge in [0.15, 0.2) is 0 Å². The molecule has 0 aliphatic carbocycles. The van der Waals surface area contributed by atoms with Crippen molar-refractivity contribution in [2.24, 2.45) is 5.73 Å². The van der Waals surface area contributed by atoms with E-state index in [1.165, 1.54) is 7.11 Å². The van der Waals surface area contributed by atoms with Crippen LogP contribution in [-0.2, 0) is 4.79 Å². The van der Waals surface area contributed by atoms with Crippen LogP contribution in [0.15, 0.2) is 18.2 Å². The lowest BCUT2D eigenvalue weighted by Gasteiger charge is -2.18. The van der Waals surface area contributed by atoms with Crippen LogP contribution in [0.5, 0.6) is 11.5 Å². The maximum absolute atomic E-state index is 11.8. The highest BCUT2D eigenvalue weighted by molar-refractivity contribution is 5.93. The van der Waals surface area contributed by atoms with Crippen LogP contribution >= 0.6 is 0 Å². The van der Waals surface area contributed by atoms with E-state index in [1.54, 1.807) is 39.2 Å². The first-order valence-electron chi connectivity index (χ1n) is 5.66. The SMILES string of the molecule is COc1ccc(NC(=O)CC(C)(C)N)c(OC)c1. The highest BCUT2D eigenvalue weighted by Gasteiger charge is 2.17. The van der Waals surface area contributed by atoms with Crippen molar-refractivity contribution >= 4 is 11.6 Å². The first-order valence-corrected chi connectivity index (χ1v) is 5.66. The Bertz CT molecular complexity index is 425. The number of nitrogens with two attached hydrogens (primary N) is 1. The van der Waals surface area contributed by atoms with Crippen LogP contribution in [0.2, 0.25) is 0 Å². The molecule has 0 fully saturated rings. The van der Waals surface area contributed by atoms with Crippen molar-refractivity contribution in [3.8, 4) is 11.5 Å². The number of ether oxygens (including phenoxy) is 2. The molecule has 0 atom stereocenters. The van der Waals surface area contributed by atoms with Crippen molar-refractivity contribution in [1.82, 2.24) is 0 Å². The maximum atomic E-state index is 11.8. The average molecular weight is 252 g/mol. The monoisotopic (exact) mass is 252 g/mol. The number of carbonyl (C=O) groups is 1. The summed E-state index contributed by atoms with van der Waals surface area (Å²) in [6, 6.07) is 5.20. The Morgan fingerprint density at radius 3 is 2.50 bits per heavy atom.